The van der Waals surface area contributed by atoms with E-state index in [1.807, 2.05) is 61.3 Å². The van der Waals surface area contributed by atoms with E-state index in [-0.39, 0.29) is 0 Å². The second-order valence-electron chi connectivity index (χ2n) is 4.79. The fourth-order valence-electron chi connectivity index (χ4n) is 1.91. The van der Waals surface area contributed by atoms with Gasteiger partial charge >= 0.3 is 0 Å². The summed E-state index contributed by atoms with van der Waals surface area (Å²) >= 11 is 17.7. The highest BCUT2D eigenvalue weighted by atomic mass is 35.5. The molecule has 0 amide bonds. The van der Waals surface area contributed by atoms with Crippen molar-refractivity contribution in [2.45, 2.75) is 13.5 Å². The van der Waals surface area contributed by atoms with Crippen LogP contribution in [0.1, 0.15) is 11.1 Å². The number of anilines is 1. The minimum absolute atomic E-state index is 0.625. The van der Waals surface area contributed by atoms with Crippen LogP contribution in [-0.4, -0.2) is 17.1 Å². The van der Waals surface area contributed by atoms with Gasteiger partial charge in [0.15, 0.2) is 5.11 Å². The average Bonchev–Trinajstić information content (AvgIpc) is 2.46. The Morgan fingerprint density at radius 3 is 2.48 bits per heavy atom. The Morgan fingerprint density at radius 2 is 1.76 bits per heavy atom. The highest BCUT2D eigenvalue weighted by molar-refractivity contribution is 7.80. The largest absolute Gasteiger partial charge is 0.348 e. The van der Waals surface area contributed by atoms with Crippen LogP contribution in [0.3, 0.4) is 0 Å². The van der Waals surface area contributed by atoms with E-state index < -0.39 is 0 Å². The summed E-state index contributed by atoms with van der Waals surface area (Å²) in [6.07, 6.45) is 0. The van der Waals surface area contributed by atoms with Crippen LogP contribution in [0, 0.1) is 6.92 Å². The summed E-state index contributed by atoms with van der Waals surface area (Å²) in [5.74, 6) is 0. The van der Waals surface area contributed by atoms with Crippen molar-refractivity contribution < 1.29 is 0 Å². The van der Waals surface area contributed by atoms with Crippen LogP contribution in [0.2, 0.25) is 10.0 Å². The number of halogens is 2. The van der Waals surface area contributed by atoms with Crippen molar-refractivity contribution in [1.82, 2.24) is 4.90 Å². The number of nitrogens with zero attached hydrogens (tertiary/aromatic N) is 1. The van der Waals surface area contributed by atoms with Gasteiger partial charge in [-0.05, 0) is 48.5 Å². The molecule has 2 rings (SSSR count). The molecule has 2 aromatic carbocycles. The Kier molecular flexibility index (Phi) is 5.45. The maximum Gasteiger partial charge on any atom is 0.173 e. The number of thiocarbonyl (C=S) groups is 1. The lowest BCUT2D eigenvalue weighted by Crippen LogP contribution is -2.30. The number of hydrogen-bond acceptors (Lipinski definition) is 1. The predicted octanol–water partition coefficient (Wildman–Crippen LogP) is 5.13. The monoisotopic (exact) mass is 338 g/mol. The van der Waals surface area contributed by atoms with Crippen molar-refractivity contribution in [3.05, 3.63) is 63.6 Å². The fraction of sp³-hybridized carbons (Fsp3) is 0.188. The first-order valence-corrected chi connectivity index (χ1v) is 7.66. The smallest absolute Gasteiger partial charge is 0.173 e. The molecule has 0 saturated heterocycles. The molecule has 0 unspecified atom stereocenters. The highest BCUT2D eigenvalue weighted by Gasteiger charge is 2.09. The molecule has 21 heavy (non-hydrogen) atoms. The molecule has 1 N–H and O–H groups in total. The number of nitrogens with one attached hydrogen (secondary N) is 1. The molecule has 2 aromatic rings. The molecule has 0 bridgehead atoms. The maximum absolute atomic E-state index is 6.17. The molecule has 0 aromatic heterocycles. The summed E-state index contributed by atoms with van der Waals surface area (Å²) in [6, 6.07) is 13.5. The van der Waals surface area contributed by atoms with E-state index in [1.165, 1.54) is 0 Å². The van der Waals surface area contributed by atoms with E-state index in [1.54, 1.807) is 0 Å². The number of rotatable bonds is 3. The standard InChI is InChI=1S/C16H16Cl2N2S/c1-11-13(17)8-5-9-15(11)19-16(21)20(2)10-12-6-3-4-7-14(12)18/h3-9H,10H2,1-2H3,(H,19,21). The van der Waals surface area contributed by atoms with Gasteiger partial charge in [0.25, 0.3) is 0 Å². The van der Waals surface area contributed by atoms with Gasteiger partial charge in [0.05, 0.1) is 0 Å². The van der Waals surface area contributed by atoms with Crippen molar-refractivity contribution in [1.29, 1.82) is 0 Å². The summed E-state index contributed by atoms with van der Waals surface area (Å²) in [5, 5.41) is 5.31. The molecule has 5 heteroatoms. The molecule has 0 spiro atoms. The minimum atomic E-state index is 0.625. The first-order chi connectivity index (χ1) is 9.99. The van der Waals surface area contributed by atoms with Crippen LogP contribution in [-0.2, 0) is 6.54 Å². The second-order valence-corrected chi connectivity index (χ2v) is 5.99. The van der Waals surface area contributed by atoms with Crippen molar-refractivity contribution in [2.24, 2.45) is 0 Å². The quantitative estimate of drug-likeness (QED) is 0.781. The molecule has 0 aliphatic rings. The van der Waals surface area contributed by atoms with Crippen LogP contribution in [0.15, 0.2) is 42.5 Å². The predicted molar refractivity (Wildman–Crippen MR) is 95.3 cm³/mol. The van der Waals surface area contributed by atoms with Gasteiger partial charge in [-0.3, -0.25) is 0 Å². The minimum Gasteiger partial charge on any atom is -0.348 e. The topological polar surface area (TPSA) is 15.3 Å². The van der Waals surface area contributed by atoms with Gasteiger partial charge < -0.3 is 10.2 Å². The third-order valence-corrected chi connectivity index (χ3v) is 4.41. The lowest BCUT2D eigenvalue weighted by Gasteiger charge is -2.22. The van der Waals surface area contributed by atoms with Crippen LogP contribution >= 0.6 is 35.4 Å². The molecule has 0 aliphatic heterocycles. The van der Waals surface area contributed by atoms with Gasteiger partial charge in [0.2, 0.25) is 0 Å². The molecule has 0 atom stereocenters. The first kappa shape index (κ1) is 16.1. The zero-order chi connectivity index (χ0) is 15.4. The van der Waals surface area contributed by atoms with E-state index in [0.717, 1.165) is 26.9 Å². The van der Waals surface area contributed by atoms with Gasteiger partial charge in [-0.1, -0.05) is 47.5 Å². The summed E-state index contributed by atoms with van der Waals surface area (Å²) in [4.78, 5) is 1.94. The van der Waals surface area contributed by atoms with Crippen molar-refractivity contribution in [2.75, 3.05) is 12.4 Å². The third-order valence-electron chi connectivity index (χ3n) is 3.22. The molecule has 110 valence electrons. The molecule has 0 aliphatic carbocycles. The van der Waals surface area contributed by atoms with E-state index in [2.05, 4.69) is 5.32 Å². The first-order valence-electron chi connectivity index (χ1n) is 6.49. The third kappa shape index (κ3) is 4.10. The Bertz CT molecular complexity index is 658. The number of benzene rings is 2. The summed E-state index contributed by atoms with van der Waals surface area (Å²) in [6.45, 7) is 2.60. The van der Waals surface area contributed by atoms with Gasteiger partial charge in [-0.2, -0.15) is 0 Å². The van der Waals surface area contributed by atoms with E-state index >= 15 is 0 Å². The van der Waals surface area contributed by atoms with Gasteiger partial charge in [-0.25, -0.2) is 0 Å². The van der Waals surface area contributed by atoms with Crippen LogP contribution in [0.25, 0.3) is 0 Å². The van der Waals surface area contributed by atoms with Crippen LogP contribution < -0.4 is 5.32 Å². The Hall–Kier alpha value is -1.29. The Morgan fingerprint density at radius 1 is 1.10 bits per heavy atom. The fourth-order valence-corrected chi connectivity index (χ4v) is 2.45. The van der Waals surface area contributed by atoms with Crippen molar-refractivity contribution in [3.63, 3.8) is 0 Å². The number of hydrogen-bond donors (Lipinski definition) is 1. The molecular formula is C16H16Cl2N2S. The van der Waals surface area contributed by atoms with E-state index in [0.29, 0.717) is 11.7 Å². The van der Waals surface area contributed by atoms with E-state index in [4.69, 9.17) is 35.4 Å². The second kappa shape index (κ2) is 7.12. The molecule has 2 nitrogen and oxygen atoms in total. The summed E-state index contributed by atoms with van der Waals surface area (Å²) < 4.78 is 0. The zero-order valence-electron chi connectivity index (χ0n) is 11.9. The van der Waals surface area contributed by atoms with Gasteiger partial charge in [0, 0.05) is 29.3 Å². The maximum atomic E-state index is 6.17. The van der Waals surface area contributed by atoms with Crippen LogP contribution in [0.4, 0.5) is 5.69 Å². The Labute approximate surface area is 140 Å². The molecule has 0 radical (unpaired) electrons. The lowest BCUT2D eigenvalue weighted by molar-refractivity contribution is 0.508. The van der Waals surface area contributed by atoms with E-state index in [9.17, 15) is 0 Å². The van der Waals surface area contributed by atoms with Gasteiger partial charge in [-0.15, -0.1) is 0 Å². The van der Waals surface area contributed by atoms with Crippen molar-refractivity contribution in [3.8, 4) is 0 Å². The molecule has 0 heterocycles. The molecular weight excluding hydrogens is 323 g/mol. The molecule has 0 fully saturated rings. The zero-order valence-corrected chi connectivity index (χ0v) is 14.2. The van der Waals surface area contributed by atoms with Crippen LogP contribution in [0.5, 0.6) is 0 Å². The SMILES string of the molecule is Cc1c(Cl)cccc1NC(=S)N(C)Cc1ccccc1Cl. The molecule has 0 saturated carbocycles. The highest BCUT2D eigenvalue weighted by Crippen LogP contribution is 2.23. The van der Waals surface area contributed by atoms with Crippen molar-refractivity contribution >= 4 is 46.2 Å². The Balaban J connectivity index is 2.06. The summed E-state index contributed by atoms with van der Waals surface area (Å²) in [5.41, 5.74) is 2.93. The van der Waals surface area contributed by atoms with Gasteiger partial charge in [0.1, 0.15) is 0 Å². The average molecular weight is 339 g/mol. The normalized spacial score (nSPS) is 10.3. The lowest BCUT2D eigenvalue weighted by atomic mass is 10.2. The summed E-state index contributed by atoms with van der Waals surface area (Å²) in [7, 11) is 1.93.